The molecule has 3 aromatic heterocycles. The molecule has 9 rings (SSSR count). The van der Waals surface area contributed by atoms with E-state index in [1.54, 1.807) is 11.3 Å². The summed E-state index contributed by atoms with van der Waals surface area (Å²) in [6.07, 6.45) is 1.82. The molecule has 5 heteroatoms. The zero-order valence-corrected chi connectivity index (χ0v) is 28.1. The number of rotatable bonds is 5. The maximum atomic E-state index is 5.05. The van der Waals surface area contributed by atoms with Gasteiger partial charge in [0.2, 0.25) is 0 Å². The number of benzene rings is 6. The zero-order chi connectivity index (χ0) is 30.5. The molecule has 0 aliphatic heterocycles. The summed E-state index contributed by atoms with van der Waals surface area (Å²) in [4.78, 5) is 9.65. The molecular weight excluding hydrogens is 774 g/mol. The van der Waals surface area contributed by atoms with Gasteiger partial charge in [-0.05, 0) is 63.2 Å². The van der Waals surface area contributed by atoms with E-state index in [9.17, 15) is 0 Å². The second-order valence-corrected chi connectivity index (χ2v) is 12.3. The van der Waals surface area contributed by atoms with Gasteiger partial charge in [0.1, 0.15) is 0 Å². The smallest absolute Gasteiger partial charge is 0.346 e. The average Bonchev–Trinajstić information content (AvgIpc) is 3.72. The van der Waals surface area contributed by atoms with Crippen LogP contribution in [0.2, 0.25) is 0 Å². The molecule has 9 aromatic rings. The molecule has 224 valence electrons. The maximum absolute atomic E-state index is 5.05. The summed E-state index contributed by atoms with van der Waals surface area (Å²) in [6, 6.07) is 58.4. The number of nitrogens with zero attached hydrogens (tertiary/aromatic N) is 3. The Bertz CT molecular complexity index is 2480. The standard InChI is InChI=1S/C42H25N3S.Pt/c1-2-11-28(12-3-1)29-20-22-30(23-21-29)35-26-32(42-44-37-17-5-7-19-40(37)46-42)27-39-41(35)34-15-4-6-18-38(34)45(39)33-14-10-13-31(25-33)36-16-8-9-24-43-36;/h1-24,26H;/q-2;+2. The van der Waals surface area contributed by atoms with Crippen LogP contribution in [0.25, 0.3) is 81.8 Å². The maximum Gasteiger partial charge on any atom is 2.00 e. The van der Waals surface area contributed by atoms with Gasteiger partial charge in [0.15, 0.2) is 0 Å². The summed E-state index contributed by atoms with van der Waals surface area (Å²) in [5.74, 6) is 0. The molecule has 0 atom stereocenters. The van der Waals surface area contributed by atoms with E-state index < -0.39 is 0 Å². The van der Waals surface area contributed by atoms with Crippen molar-refractivity contribution in [2.24, 2.45) is 0 Å². The Morgan fingerprint density at radius 1 is 0.596 bits per heavy atom. The number of fused-ring (bicyclic) bond motifs is 4. The van der Waals surface area contributed by atoms with E-state index in [2.05, 4.69) is 143 Å². The van der Waals surface area contributed by atoms with Gasteiger partial charge in [0, 0.05) is 21.4 Å². The molecule has 0 spiro atoms. The Kier molecular flexibility index (Phi) is 7.61. The molecule has 0 fully saturated rings. The van der Waals surface area contributed by atoms with Crippen molar-refractivity contribution in [3.63, 3.8) is 0 Å². The molecule has 3 nitrogen and oxygen atoms in total. The van der Waals surface area contributed by atoms with Crippen LogP contribution < -0.4 is 0 Å². The Morgan fingerprint density at radius 2 is 1.34 bits per heavy atom. The molecule has 3 heterocycles. The Morgan fingerprint density at radius 3 is 2.17 bits per heavy atom. The topological polar surface area (TPSA) is 30.7 Å². The molecule has 6 aromatic carbocycles. The number of hydrogen-bond donors (Lipinski definition) is 0. The van der Waals surface area contributed by atoms with Crippen LogP contribution in [0, 0.1) is 12.1 Å². The van der Waals surface area contributed by atoms with Crippen LogP contribution in [0.4, 0.5) is 0 Å². The van der Waals surface area contributed by atoms with Crippen molar-refractivity contribution < 1.29 is 21.1 Å². The van der Waals surface area contributed by atoms with Crippen molar-refractivity contribution in [2.45, 2.75) is 0 Å². The van der Waals surface area contributed by atoms with Gasteiger partial charge in [-0.3, -0.25) is 4.98 Å². The van der Waals surface area contributed by atoms with Gasteiger partial charge in [-0.1, -0.05) is 108 Å². The fourth-order valence-electron chi connectivity index (χ4n) is 6.32. The fraction of sp³-hybridized carbons (Fsp3) is 0. The van der Waals surface area contributed by atoms with Crippen molar-refractivity contribution in [1.29, 1.82) is 0 Å². The molecule has 0 amide bonds. The molecule has 47 heavy (non-hydrogen) atoms. The minimum atomic E-state index is 0. The minimum absolute atomic E-state index is 0. The largest absolute Gasteiger partial charge is 2.00 e. The van der Waals surface area contributed by atoms with Gasteiger partial charge in [-0.25, -0.2) is 0 Å². The first-order valence-corrected chi connectivity index (χ1v) is 16.1. The predicted molar refractivity (Wildman–Crippen MR) is 191 cm³/mol. The van der Waals surface area contributed by atoms with E-state index in [1.165, 1.54) is 16.5 Å². The zero-order valence-electron chi connectivity index (χ0n) is 25.0. The molecule has 0 aliphatic carbocycles. The summed E-state index contributed by atoms with van der Waals surface area (Å²) in [5, 5.41) is 3.28. The number of aromatic nitrogens is 3. The van der Waals surface area contributed by atoms with E-state index in [1.807, 2.05) is 30.5 Å². The Hall–Kier alpha value is -5.15. The van der Waals surface area contributed by atoms with Crippen molar-refractivity contribution in [2.75, 3.05) is 0 Å². The molecular formula is C42H25N3PtS. The van der Waals surface area contributed by atoms with Crippen LogP contribution in [-0.4, -0.2) is 14.5 Å². The van der Waals surface area contributed by atoms with Crippen LogP contribution in [0.3, 0.4) is 0 Å². The van der Waals surface area contributed by atoms with Gasteiger partial charge < -0.3 is 9.55 Å². The normalized spacial score (nSPS) is 11.2. The first-order valence-electron chi connectivity index (χ1n) is 15.3. The molecule has 0 saturated heterocycles. The molecule has 0 saturated carbocycles. The second-order valence-electron chi connectivity index (χ2n) is 11.3. The van der Waals surface area contributed by atoms with Gasteiger partial charge in [0.05, 0.1) is 5.52 Å². The molecule has 0 N–H and O–H groups in total. The van der Waals surface area contributed by atoms with Gasteiger partial charge in [-0.15, -0.1) is 47.5 Å². The van der Waals surface area contributed by atoms with E-state index >= 15 is 0 Å². The number of pyridine rings is 1. The third kappa shape index (κ3) is 5.20. The third-order valence-electron chi connectivity index (χ3n) is 8.47. The van der Waals surface area contributed by atoms with Crippen LogP contribution in [0.15, 0.2) is 152 Å². The molecule has 0 unspecified atom stereocenters. The first kappa shape index (κ1) is 29.3. The number of para-hydroxylation sites is 2. The van der Waals surface area contributed by atoms with Crippen molar-refractivity contribution >= 4 is 43.4 Å². The number of hydrogen-bond acceptors (Lipinski definition) is 3. The predicted octanol–water partition coefficient (Wildman–Crippen LogP) is 11.1. The molecule has 0 radical (unpaired) electrons. The van der Waals surface area contributed by atoms with E-state index in [-0.39, 0.29) is 21.1 Å². The summed E-state index contributed by atoms with van der Waals surface area (Å²) >= 11 is 1.70. The van der Waals surface area contributed by atoms with Crippen LogP contribution in [0.5, 0.6) is 0 Å². The third-order valence-corrected chi connectivity index (χ3v) is 9.54. The average molecular weight is 799 g/mol. The Labute approximate surface area is 291 Å². The second kappa shape index (κ2) is 12.2. The van der Waals surface area contributed by atoms with E-state index in [0.717, 1.165) is 65.3 Å². The minimum Gasteiger partial charge on any atom is -0.346 e. The van der Waals surface area contributed by atoms with Crippen molar-refractivity contribution in [3.8, 4) is 49.8 Å². The van der Waals surface area contributed by atoms with E-state index in [4.69, 9.17) is 4.98 Å². The van der Waals surface area contributed by atoms with Gasteiger partial charge in [0.25, 0.3) is 0 Å². The Balaban J connectivity index is 0.00000324. The summed E-state index contributed by atoms with van der Waals surface area (Å²) in [7, 11) is 0. The summed E-state index contributed by atoms with van der Waals surface area (Å²) in [6.45, 7) is 0. The van der Waals surface area contributed by atoms with Gasteiger partial charge in [-0.2, -0.15) is 11.3 Å². The van der Waals surface area contributed by atoms with Crippen LogP contribution in [0.1, 0.15) is 0 Å². The first-order chi connectivity index (χ1) is 22.8. The monoisotopic (exact) mass is 798 g/mol. The number of thiazole rings is 1. The van der Waals surface area contributed by atoms with Crippen LogP contribution >= 0.6 is 11.3 Å². The fourth-order valence-corrected chi connectivity index (χ4v) is 7.26. The summed E-state index contributed by atoms with van der Waals surface area (Å²) in [5.41, 5.74) is 11.6. The molecule has 0 aliphatic rings. The van der Waals surface area contributed by atoms with E-state index in [0.29, 0.717) is 0 Å². The van der Waals surface area contributed by atoms with Crippen molar-refractivity contribution in [1.82, 2.24) is 14.5 Å². The van der Waals surface area contributed by atoms with Gasteiger partial charge >= 0.3 is 21.1 Å². The van der Waals surface area contributed by atoms with Crippen LogP contribution in [-0.2, 0) is 21.1 Å². The molecule has 0 bridgehead atoms. The SMILES string of the molecule is [Pt+2].[c-]1c(-c2ccccn2)cccc1-n1c2[c-]c(-c3nc4ccccc4s3)cc(-c3ccc(-c4ccccc4)cc3)c2c2ccccc21. The van der Waals surface area contributed by atoms with Crippen molar-refractivity contribution in [3.05, 3.63) is 164 Å². The summed E-state index contributed by atoms with van der Waals surface area (Å²) < 4.78 is 3.45. The quantitative estimate of drug-likeness (QED) is 0.162.